The van der Waals surface area contributed by atoms with Crippen LogP contribution in [0.5, 0.6) is 17.4 Å². The van der Waals surface area contributed by atoms with Gasteiger partial charge in [0, 0.05) is 20.0 Å². The smallest absolute Gasteiger partial charge is 0.497 e. The molecule has 3 aromatic rings. The van der Waals surface area contributed by atoms with Gasteiger partial charge in [-0.15, -0.1) is 18.3 Å². The van der Waals surface area contributed by atoms with Crippen LogP contribution in [0, 0.1) is 0 Å². The molecule has 9 nitrogen and oxygen atoms in total. The van der Waals surface area contributed by atoms with Crippen molar-refractivity contribution in [3.8, 4) is 17.4 Å². The molecule has 186 valence electrons. The number of carboxylic acid groups (broad SMARTS) is 1. The first-order chi connectivity index (χ1) is 16.6. The number of methoxy groups -OCH3 is 2. The van der Waals surface area contributed by atoms with Gasteiger partial charge in [-0.1, -0.05) is 29.5 Å². The number of ether oxygens (including phenoxy) is 4. The van der Waals surface area contributed by atoms with Crippen LogP contribution in [0.4, 0.5) is 13.2 Å². The van der Waals surface area contributed by atoms with Gasteiger partial charge in [-0.25, -0.2) is 9.48 Å². The van der Waals surface area contributed by atoms with Crippen molar-refractivity contribution in [2.75, 3.05) is 14.2 Å². The van der Waals surface area contributed by atoms with Crippen LogP contribution in [0.15, 0.2) is 48.5 Å². The average molecular weight is 493 g/mol. The maximum atomic E-state index is 12.4. The normalized spacial score (nSPS) is 19.6. The van der Waals surface area contributed by atoms with Crippen molar-refractivity contribution < 1.29 is 42.0 Å². The summed E-state index contributed by atoms with van der Waals surface area (Å²) in [5, 5.41) is 17.2. The Balaban J connectivity index is 1.48. The Hall–Kier alpha value is -3.80. The van der Waals surface area contributed by atoms with Crippen LogP contribution in [0.1, 0.15) is 34.5 Å². The number of halogens is 3. The average Bonchev–Trinajstić information content (AvgIpc) is 3.18. The summed E-state index contributed by atoms with van der Waals surface area (Å²) in [5.74, 6) is -0.923. The second kappa shape index (κ2) is 9.45. The summed E-state index contributed by atoms with van der Waals surface area (Å²) in [6.07, 6.45) is -4.52. The van der Waals surface area contributed by atoms with Gasteiger partial charge in [-0.2, -0.15) is 0 Å². The Kier molecular flexibility index (Phi) is 6.57. The molecule has 1 N–H and O–H groups in total. The van der Waals surface area contributed by atoms with Gasteiger partial charge in [0.05, 0.1) is 19.3 Å². The van der Waals surface area contributed by atoms with Crippen LogP contribution < -0.4 is 14.2 Å². The van der Waals surface area contributed by atoms with Gasteiger partial charge in [0.25, 0.3) is 0 Å². The highest BCUT2D eigenvalue weighted by Crippen LogP contribution is 2.46. The van der Waals surface area contributed by atoms with E-state index in [0.29, 0.717) is 24.2 Å². The number of rotatable bonds is 9. The van der Waals surface area contributed by atoms with Gasteiger partial charge in [-0.3, -0.25) is 0 Å². The lowest BCUT2D eigenvalue weighted by Gasteiger charge is -2.46. The molecule has 0 atom stereocenters. The van der Waals surface area contributed by atoms with Gasteiger partial charge in [0.1, 0.15) is 17.6 Å². The molecule has 0 spiro atoms. The molecule has 1 aliphatic rings. The Morgan fingerprint density at radius 1 is 1.09 bits per heavy atom. The number of benzene rings is 2. The monoisotopic (exact) mass is 493 g/mol. The third-order valence-electron chi connectivity index (χ3n) is 5.78. The Labute approximate surface area is 198 Å². The van der Waals surface area contributed by atoms with Crippen molar-refractivity contribution in [1.29, 1.82) is 0 Å². The van der Waals surface area contributed by atoms with Crippen molar-refractivity contribution in [2.45, 2.75) is 37.5 Å². The number of carboxylic acids is 1. The van der Waals surface area contributed by atoms with Gasteiger partial charge in [-0.05, 0) is 35.4 Å². The molecule has 0 aliphatic heterocycles. The van der Waals surface area contributed by atoms with Gasteiger partial charge < -0.3 is 24.1 Å². The number of carbonyl (C=O) groups is 1. The third kappa shape index (κ3) is 5.32. The lowest BCUT2D eigenvalue weighted by molar-refractivity contribution is -0.274. The van der Waals surface area contributed by atoms with Crippen molar-refractivity contribution in [3.63, 3.8) is 0 Å². The molecule has 2 aromatic carbocycles. The molecule has 4 rings (SSSR count). The number of aromatic nitrogens is 3. The highest BCUT2D eigenvalue weighted by atomic mass is 19.4. The fourth-order valence-corrected chi connectivity index (χ4v) is 3.96. The summed E-state index contributed by atoms with van der Waals surface area (Å²) < 4.78 is 59.3. The molecule has 0 saturated heterocycles. The second-order valence-electron chi connectivity index (χ2n) is 7.97. The quantitative estimate of drug-likeness (QED) is 0.477. The Bertz CT molecular complexity index is 1170. The Morgan fingerprint density at radius 2 is 1.71 bits per heavy atom. The van der Waals surface area contributed by atoms with E-state index in [9.17, 15) is 23.1 Å². The van der Waals surface area contributed by atoms with E-state index >= 15 is 0 Å². The third-order valence-corrected chi connectivity index (χ3v) is 5.78. The van der Waals surface area contributed by atoms with E-state index < -0.39 is 24.0 Å². The van der Waals surface area contributed by atoms with Gasteiger partial charge in [0.2, 0.25) is 11.6 Å². The second-order valence-corrected chi connectivity index (χ2v) is 7.97. The molecule has 1 aromatic heterocycles. The van der Waals surface area contributed by atoms with E-state index in [2.05, 4.69) is 15.0 Å². The Morgan fingerprint density at radius 3 is 2.26 bits per heavy atom. The van der Waals surface area contributed by atoms with E-state index in [1.165, 1.54) is 36.1 Å². The van der Waals surface area contributed by atoms with Crippen LogP contribution in [0.25, 0.3) is 0 Å². The first kappa shape index (κ1) is 24.3. The largest absolute Gasteiger partial charge is 0.573 e. The topological polar surface area (TPSA) is 105 Å². The highest BCUT2D eigenvalue weighted by molar-refractivity contribution is 5.87. The molecule has 1 aliphatic carbocycles. The van der Waals surface area contributed by atoms with E-state index in [1.54, 1.807) is 19.2 Å². The van der Waals surface area contributed by atoms with Crippen molar-refractivity contribution in [3.05, 3.63) is 65.4 Å². The standard InChI is InChI=1S/C23H22F3N3O6/c1-32-16-7-3-14(4-8-16)13-29-20(19(21(30)31)27-28-29)34-18-11-22(12-18,33-2)15-5-9-17(10-6-15)35-23(24,25)26/h3-10,18H,11-13H2,1-2H3,(H,30,31). The van der Waals surface area contributed by atoms with E-state index in [4.69, 9.17) is 14.2 Å². The molecule has 0 unspecified atom stereocenters. The zero-order chi connectivity index (χ0) is 25.2. The fraction of sp³-hybridized carbons (Fsp3) is 0.348. The number of aromatic carboxylic acids is 1. The summed E-state index contributed by atoms with van der Waals surface area (Å²) in [7, 11) is 3.05. The maximum absolute atomic E-state index is 12.4. The van der Waals surface area contributed by atoms with Crippen molar-refractivity contribution >= 4 is 5.97 Å². The number of hydrogen-bond donors (Lipinski definition) is 1. The fourth-order valence-electron chi connectivity index (χ4n) is 3.96. The number of hydrogen-bond acceptors (Lipinski definition) is 7. The van der Waals surface area contributed by atoms with Crippen LogP contribution in [-0.4, -0.2) is 52.8 Å². The van der Waals surface area contributed by atoms with Gasteiger partial charge in [0.15, 0.2) is 0 Å². The lowest BCUT2D eigenvalue weighted by atomic mass is 9.72. The van der Waals surface area contributed by atoms with Crippen LogP contribution in [0.3, 0.4) is 0 Å². The summed E-state index contributed by atoms with van der Waals surface area (Å²) in [6, 6.07) is 12.6. The molecule has 35 heavy (non-hydrogen) atoms. The molecule has 0 bridgehead atoms. The molecule has 0 radical (unpaired) electrons. The first-order valence-electron chi connectivity index (χ1n) is 10.5. The SMILES string of the molecule is COc1ccc(Cn2nnc(C(=O)O)c2OC2CC(OC)(c3ccc(OC(F)(F)F)cc3)C2)cc1. The van der Waals surface area contributed by atoms with Crippen molar-refractivity contribution in [2.24, 2.45) is 0 Å². The summed E-state index contributed by atoms with van der Waals surface area (Å²) >= 11 is 0. The number of nitrogens with zero attached hydrogens (tertiary/aromatic N) is 3. The molecule has 0 amide bonds. The minimum absolute atomic E-state index is 0.0111. The summed E-state index contributed by atoms with van der Waals surface area (Å²) in [4.78, 5) is 11.7. The van der Waals surface area contributed by atoms with E-state index in [1.807, 2.05) is 12.1 Å². The minimum Gasteiger partial charge on any atom is -0.497 e. The molecule has 12 heteroatoms. The minimum atomic E-state index is -4.78. The molecule has 1 saturated carbocycles. The molecular formula is C23H22F3N3O6. The van der Waals surface area contributed by atoms with E-state index in [0.717, 1.165) is 5.56 Å². The summed E-state index contributed by atoms with van der Waals surface area (Å²) in [5.41, 5.74) is 0.372. The highest BCUT2D eigenvalue weighted by Gasteiger charge is 2.48. The van der Waals surface area contributed by atoms with Crippen molar-refractivity contribution in [1.82, 2.24) is 15.0 Å². The summed E-state index contributed by atoms with van der Waals surface area (Å²) in [6.45, 7) is 0.225. The number of alkyl halides is 3. The van der Waals surface area contributed by atoms with Crippen LogP contribution >= 0.6 is 0 Å². The maximum Gasteiger partial charge on any atom is 0.573 e. The van der Waals surface area contributed by atoms with Crippen LogP contribution in [0.2, 0.25) is 0 Å². The predicted octanol–water partition coefficient (Wildman–Crippen LogP) is 4.01. The molecular weight excluding hydrogens is 471 g/mol. The zero-order valence-electron chi connectivity index (χ0n) is 18.8. The van der Waals surface area contributed by atoms with E-state index in [-0.39, 0.29) is 23.9 Å². The molecule has 1 heterocycles. The first-order valence-corrected chi connectivity index (χ1v) is 10.5. The molecule has 1 fully saturated rings. The predicted molar refractivity (Wildman–Crippen MR) is 115 cm³/mol. The van der Waals surface area contributed by atoms with Crippen LogP contribution in [-0.2, 0) is 16.9 Å². The van der Waals surface area contributed by atoms with Gasteiger partial charge >= 0.3 is 12.3 Å². The zero-order valence-corrected chi connectivity index (χ0v) is 18.8. The lowest BCUT2D eigenvalue weighted by Crippen LogP contribution is -2.49.